The van der Waals surface area contributed by atoms with Crippen molar-refractivity contribution in [2.75, 3.05) is 40.9 Å². The van der Waals surface area contributed by atoms with Crippen LogP contribution in [0.4, 0.5) is 0 Å². The molecule has 0 saturated heterocycles. The standard InChI is InChI=1S/C69H117N2O6P/c1-6-8-10-12-14-16-18-20-22-24-26-27-28-29-30-31-32-33-34-35-36-37-38-39-40-41-42-43-45-47-49-51-53-55-57-59-61-63-69(73)70-67(66-77-78(74,75)76-65-64-71(3,4)5)68(72)62-60-58-56-54-52-50-48-46-44-25-23-21-19-17-15-13-11-9-7-2/h8,10,14,16,20,22,26-27,29-30,32-33,35-36,38-39,41-42,45,47,51,53,60,62,67-68,72H,6-7,9,11-13,15,17-19,21,23-25,28,31,34,37,40,43-44,46,48-50,52,54-59,61,63-66H2,1-5H3,(H-,70,73,74,75)/b10-8-,16-14-,22-20-,27-26-,30-29-,33-32-,36-35-,39-38-,42-41-,47-45-,53-51-,62-60+. The quantitative estimate of drug-likeness (QED) is 0.0272. The number of quaternary nitrogens is 1. The van der Waals surface area contributed by atoms with Crippen molar-refractivity contribution in [1.29, 1.82) is 0 Å². The van der Waals surface area contributed by atoms with Gasteiger partial charge < -0.3 is 28.8 Å². The lowest BCUT2D eigenvalue weighted by Gasteiger charge is -2.29. The van der Waals surface area contributed by atoms with E-state index in [1.165, 1.54) is 96.3 Å². The number of carbonyl (C=O) groups is 1. The molecule has 3 atom stereocenters. The minimum Gasteiger partial charge on any atom is -0.756 e. The van der Waals surface area contributed by atoms with Crippen LogP contribution in [0.2, 0.25) is 0 Å². The normalized spacial score (nSPS) is 14.8. The van der Waals surface area contributed by atoms with Gasteiger partial charge in [-0.05, 0) is 103 Å². The van der Waals surface area contributed by atoms with E-state index in [0.717, 1.165) is 109 Å². The van der Waals surface area contributed by atoms with E-state index in [9.17, 15) is 19.4 Å². The molecule has 0 radical (unpaired) electrons. The number of rotatable bonds is 55. The van der Waals surface area contributed by atoms with Gasteiger partial charge in [0.15, 0.2) is 0 Å². The summed E-state index contributed by atoms with van der Waals surface area (Å²) >= 11 is 0. The van der Waals surface area contributed by atoms with Gasteiger partial charge in [-0.1, -0.05) is 269 Å². The van der Waals surface area contributed by atoms with Crippen molar-refractivity contribution >= 4 is 13.7 Å². The number of carbonyl (C=O) groups excluding carboxylic acids is 1. The molecule has 1 amide bonds. The van der Waals surface area contributed by atoms with Crippen molar-refractivity contribution in [2.45, 2.75) is 244 Å². The molecule has 0 rings (SSSR count). The summed E-state index contributed by atoms with van der Waals surface area (Å²) in [5.74, 6) is -0.234. The van der Waals surface area contributed by atoms with Crippen molar-refractivity contribution in [3.8, 4) is 0 Å². The number of aliphatic hydroxyl groups is 1. The Balaban J connectivity index is 4.28. The summed E-state index contributed by atoms with van der Waals surface area (Å²) in [4.78, 5) is 25.5. The van der Waals surface area contributed by atoms with Crippen LogP contribution in [0.25, 0.3) is 0 Å². The third kappa shape index (κ3) is 60.0. The van der Waals surface area contributed by atoms with Crippen molar-refractivity contribution in [2.24, 2.45) is 0 Å². The molecule has 0 aliphatic heterocycles. The van der Waals surface area contributed by atoms with Crippen LogP contribution in [-0.4, -0.2) is 68.5 Å². The number of hydrogen-bond donors (Lipinski definition) is 2. The summed E-state index contributed by atoms with van der Waals surface area (Å²) in [6.45, 7) is 4.50. The van der Waals surface area contributed by atoms with Crippen molar-refractivity contribution in [3.05, 3.63) is 146 Å². The highest BCUT2D eigenvalue weighted by atomic mass is 31.2. The maximum Gasteiger partial charge on any atom is 0.268 e. The number of phosphoric acid groups is 1. The van der Waals surface area contributed by atoms with E-state index in [2.05, 4.69) is 153 Å². The van der Waals surface area contributed by atoms with E-state index in [1.54, 1.807) is 6.08 Å². The number of aliphatic hydroxyl groups excluding tert-OH is 1. The molecule has 0 aromatic carbocycles. The second-order valence-electron chi connectivity index (χ2n) is 21.7. The molecular weight excluding hydrogens is 984 g/mol. The molecule has 0 spiro atoms. The van der Waals surface area contributed by atoms with E-state index in [0.29, 0.717) is 23.9 Å². The number of phosphoric ester groups is 1. The highest BCUT2D eigenvalue weighted by Crippen LogP contribution is 2.38. The first-order chi connectivity index (χ1) is 38.0. The molecule has 8 nitrogen and oxygen atoms in total. The largest absolute Gasteiger partial charge is 0.756 e. The fourth-order valence-electron chi connectivity index (χ4n) is 8.22. The molecule has 3 unspecified atom stereocenters. The molecule has 9 heteroatoms. The Kier molecular flexibility index (Phi) is 55.4. The summed E-state index contributed by atoms with van der Waals surface area (Å²) in [6, 6.07) is -0.916. The van der Waals surface area contributed by atoms with Gasteiger partial charge in [-0.15, -0.1) is 0 Å². The smallest absolute Gasteiger partial charge is 0.268 e. The van der Waals surface area contributed by atoms with Crippen LogP contribution in [0.15, 0.2) is 146 Å². The zero-order valence-electron chi connectivity index (χ0n) is 50.6. The number of nitrogens with one attached hydrogen (secondary N) is 1. The van der Waals surface area contributed by atoms with Crippen molar-refractivity contribution in [3.63, 3.8) is 0 Å². The molecule has 0 aromatic heterocycles. The molecule has 0 fully saturated rings. The Morgan fingerprint density at radius 1 is 0.462 bits per heavy atom. The van der Waals surface area contributed by atoms with Gasteiger partial charge in [0, 0.05) is 6.42 Å². The topological polar surface area (TPSA) is 108 Å². The first-order valence-corrected chi connectivity index (χ1v) is 32.7. The minimum atomic E-state index is -4.62. The van der Waals surface area contributed by atoms with Crippen LogP contribution in [0.5, 0.6) is 0 Å². The molecule has 0 bridgehead atoms. The first kappa shape index (κ1) is 74.4. The fraction of sp³-hybridized carbons (Fsp3) is 0.638. The van der Waals surface area contributed by atoms with Crippen molar-refractivity contribution in [1.82, 2.24) is 5.32 Å². The highest BCUT2D eigenvalue weighted by molar-refractivity contribution is 7.45. The maximum atomic E-state index is 13.0. The number of unbranched alkanes of at least 4 members (excludes halogenated alkanes) is 20. The van der Waals surface area contributed by atoms with E-state index in [1.807, 2.05) is 27.2 Å². The SMILES string of the molecule is CC/C=C\C/C=C\C/C=C\C/C=C\C/C=C\C/C=C\C/C=C\C/C=C\C/C=C\C/C=C\C/C=C\CCCCCC(=O)NC(COP(=O)([O-])OCC[N+](C)(C)C)C(O)/C=C/CCCCCCCCCCCCCCCCCCC. The molecule has 0 saturated carbocycles. The summed E-state index contributed by atoms with van der Waals surface area (Å²) < 4.78 is 23.3. The van der Waals surface area contributed by atoms with Gasteiger partial charge in [0.25, 0.3) is 7.82 Å². The molecule has 78 heavy (non-hydrogen) atoms. The van der Waals surface area contributed by atoms with Crippen LogP contribution in [-0.2, 0) is 18.4 Å². The maximum absolute atomic E-state index is 13.0. The average Bonchev–Trinajstić information content (AvgIpc) is 3.41. The second kappa shape index (κ2) is 58.0. The van der Waals surface area contributed by atoms with Gasteiger partial charge >= 0.3 is 0 Å². The minimum absolute atomic E-state index is 0.0155. The van der Waals surface area contributed by atoms with Gasteiger partial charge in [-0.3, -0.25) is 9.36 Å². The van der Waals surface area contributed by atoms with Crippen LogP contribution < -0.4 is 10.2 Å². The predicted molar refractivity (Wildman–Crippen MR) is 338 cm³/mol. The predicted octanol–water partition coefficient (Wildman–Crippen LogP) is 19.0. The van der Waals surface area contributed by atoms with Crippen LogP contribution in [0.1, 0.15) is 232 Å². The van der Waals surface area contributed by atoms with E-state index < -0.39 is 26.6 Å². The zero-order valence-corrected chi connectivity index (χ0v) is 51.5. The Morgan fingerprint density at radius 2 is 0.782 bits per heavy atom. The number of allylic oxidation sites excluding steroid dienone is 23. The second-order valence-corrected chi connectivity index (χ2v) is 23.1. The zero-order chi connectivity index (χ0) is 57.0. The summed E-state index contributed by atoms with van der Waals surface area (Å²) in [5, 5.41) is 13.9. The van der Waals surface area contributed by atoms with Gasteiger partial charge in [0.05, 0.1) is 39.9 Å². The monoisotopic (exact) mass is 1100 g/mol. The first-order valence-electron chi connectivity index (χ1n) is 31.2. The Labute approximate surface area is 480 Å². The van der Waals surface area contributed by atoms with E-state index in [4.69, 9.17) is 9.05 Å². The third-order valence-corrected chi connectivity index (χ3v) is 14.0. The molecule has 2 N–H and O–H groups in total. The Bertz CT molecular complexity index is 1780. The molecule has 0 aliphatic carbocycles. The molecular formula is C69H117N2O6P. The van der Waals surface area contributed by atoms with Gasteiger partial charge in [0.1, 0.15) is 13.2 Å². The van der Waals surface area contributed by atoms with Gasteiger partial charge in [-0.25, -0.2) is 0 Å². The fourth-order valence-corrected chi connectivity index (χ4v) is 8.94. The average molecular weight is 1100 g/mol. The number of hydrogen-bond acceptors (Lipinski definition) is 6. The summed E-state index contributed by atoms with van der Waals surface area (Å²) in [7, 11) is 1.22. The van der Waals surface area contributed by atoms with E-state index in [-0.39, 0.29) is 12.5 Å². The summed E-state index contributed by atoms with van der Waals surface area (Å²) in [5.41, 5.74) is 0. The van der Waals surface area contributed by atoms with Crippen LogP contribution in [0, 0.1) is 0 Å². The molecule has 0 heterocycles. The Morgan fingerprint density at radius 3 is 1.14 bits per heavy atom. The van der Waals surface area contributed by atoms with Gasteiger partial charge in [0.2, 0.25) is 5.91 Å². The highest BCUT2D eigenvalue weighted by Gasteiger charge is 2.23. The van der Waals surface area contributed by atoms with E-state index >= 15 is 0 Å². The molecule has 0 aromatic rings. The Hall–Kier alpha value is -3.62. The van der Waals surface area contributed by atoms with Crippen LogP contribution in [0.3, 0.4) is 0 Å². The molecule has 444 valence electrons. The third-order valence-electron chi connectivity index (χ3n) is 13.1. The summed E-state index contributed by atoms with van der Waals surface area (Å²) in [6.07, 6.45) is 89.3. The lowest BCUT2D eigenvalue weighted by molar-refractivity contribution is -0.870. The number of amides is 1. The lowest BCUT2D eigenvalue weighted by atomic mass is 10.0. The van der Waals surface area contributed by atoms with Crippen LogP contribution >= 0.6 is 7.82 Å². The molecule has 0 aliphatic rings. The van der Waals surface area contributed by atoms with Gasteiger partial charge in [-0.2, -0.15) is 0 Å². The number of nitrogens with zero attached hydrogens (tertiary/aromatic N) is 1. The lowest BCUT2D eigenvalue weighted by Crippen LogP contribution is -2.45. The van der Waals surface area contributed by atoms with Crippen molar-refractivity contribution < 1.29 is 32.9 Å². The number of likely N-dealkylation sites (N-methyl/N-ethyl adjacent to an activating group) is 1.